The van der Waals surface area contributed by atoms with Crippen LogP contribution in [0.2, 0.25) is 0 Å². The molecule has 1 radical (unpaired) electrons. The summed E-state index contributed by atoms with van der Waals surface area (Å²) in [5.41, 5.74) is 5.46. The minimum atomic E-state index is 1.09. The van der Waals surface area contributed by atoms with Crippen molar-refractivity contribution >= 4 is 6.08 Å². The van der Waals surface area contributed by atoms with Crippen molar-refractivity contribution in [3.05, 3.63) is 59.0 Å². The van der Waals surface area contributed by atoms with E-state index in [4.69, 9.17) is 0 Å². The average Bonchev–Trinajstić information content (AvgIpc) is 2.71. The number of hydrogen-bond acceptors (Lipinski definition) is 0. The Balaban J connectivity index is 2.30. The zero-order chi connectivity index (χ0) is 7.97. The van der Waals surface area contributed by atoms with Crippen LogP contribution in [-0.4, -0.2) is 0 Å². The first kappa shape index (κ1) is 6.24. The van der Waals surface area contributed by atoms with Gasteiger partial charge in [-0.05, 0) is 12.0 Å². The Morgan fingerprint density at radius 1 is 1.25 bits per heavy atom. The number of rotatable bonds is 0. The van der Waals surface area contributed by atoms with Crippen LogP contribution in [0.25, 0.3) is 6.08 Å². The van der Waals surface area contributed by atoms with E-state index in [0.29, 0.717) is 0 Å². The molecular formula is C12H8-. The Labute approximate surface area is 72.2 Å². The van der Waals surface area contributed by atoms with Gasteiger partial charge in [-0.3, -0.25) is 0 Å². The fourth-order valence-electron chi connectivity index (χ4n) is 1.90. The van der Waals surface area contributed by atoms with Gasteiger partial charge in [0.2, 0.25) is 0 Å². The van der Waals surface area contributed by atoms with E-state index in [1.54, 1.807) is 0 Å². The molecule has 0 atom stereocenters. The summed E-state index contributed by atoms with van der Waals surface area (Å²) in [6.07, 6.45) is 12.9. The van der Waals surface area contributed by atoms with E-state index in [2.05, 4.69) is 36.8 Å². The molecule has 2 aliphatic carbocycles. The molecule has 0 nitrogen and oxygen atoms in total. The maximum atomic E-state index is 3.22. The molecule has 2 aliphatic rings. The largest absolute Gasteiger partial charge is 0.189 e. The van der Waals surface area contributed by atoms with Crippen molar-refractivity contribution in [1.82, 2.24) is 0 Å². The molecule has 3 rings (SSSR count). The smallest absolute Gasteiger partial charge is 0.0200 e. The third-order valence-corrected chi connectivity index (χ3v) is 2.50. The fraction of sp³-hybridized carbons (Fsp3) is 0.0833. The summed E-state index contributed by atoms with van der Waals surface area (Å²) in [5.74, 6) is 0. The van der Waals surface area contributed by atoms with Crippen LogP contribution < -0.4 is 0 Å². The van der Waals surface area contributed by atoms with Crippen LogP contribution in [0.1, 0.15) is 22.3 Å². The van der Waals surface area contributed by atoms with E-state index in [1.807, 2.05) is 6.08 Å². The summed E-state index contributed by atoms with van der Waals surface area (Å²) < 4.78 is 0. The van der Waals surface area contributed by atoms with E-state index < -0.39 is 0 Å². The zero-order valence-electron chi connectivity index (χ0n) is 6.67. The average molecular weight is 152 g/mol. The molecule has 57 valence electrons. The molecule has 0 spiro atoms. The predicted octanol–water partition coefficient (Wildman–Crippen LogP) is 2.53. The van der Waals surface area contributed by atoms with Crippen LogP contribution in [0, 0.1) is 12.5 Å². The van der Waals surface area contributed by atoms with E-state index in [-0.39, 0.29) is 0 Å². The van der Waals surface area contributed by atoms with Crippen molar-refractivity contribution in [3.8, 4) is 0 Å². The second kappa shape index (κ2) is 2.10. The Morgan fingerprint density at radius 3 is 3.25 bits per heavy atom. The highest BCUT2D eigenvalue weighted by Gasteiger charge is 2.07. The number of benzene rings is 1. The van der Waals surface area contributed by atoms with Crippen molar-refractivity contribution in [2.75, 3.05) is 0 Å². The van der Waals surface area contributed by atoms with Crippen LogP contribution in [0.5, 0.6) is 0 Å². The molecule has 0 aromatic heterocycles. The van der Waals surface area contributed by atoms with Crippen LogP contribution >= 0.6 is 0 Å². The van der Waals surface area contributed by atoms with Gasteiger partial charge in [0.15, 0.2) is 0 Å². The van der Waals surface area contributed by atoms with Gasteiger partial charge in [0.25, 0.3) is 0 Å². The second-order valence-corrected chi connectivity index (χ2v) is 3.18. The summed E-state index contributed by atoms with van der Waals surface area (Å²) >= 11 is 0. The Kier molecular flexibility index (Phi) is 1.09. The van der Waals surface area contributed by atoms with Crippen molar-refractivity contribution in [2.45, 2.75) is 6.42 Å². The van der Waals surface area contributed by atoms with Gasteiger partial charge < -0.3 is 0 Å². The van der Waals surface area contributed by atoms with Crippen LogP contribution in [0.4, 0.5) is 0 Å². The molecule has 0 saturated carbocycles. The minimum Gasteiger partial charge on any atom is -0.189 e. The monoisotopic (exact) mass is 152 g/mol. The maximum Gasteiger partial charge on any atom is -0.0200 e. The lowest BCUT2D eigenvalue weighted by Crippen LogP contribution is -1.90. The lowest BCUT2D eigenvalue weighted by atomic mass is 9.99. The van der Waals surface area contributed by atoms with Crippen molar-refractivity contribution in [2.24, 2.45) is 0 Å². The molecule has 0 heterocycles. The molecule has 12 heavy (non-hydrogen) atoms. The normalized spacial score (nSPS) is 16.7. The number of fused-ring (bicyclic) bond motifs is 3. The first-order chi connectivity index (χ1) is 5.95. The molecule has 1 aromatic rings. The number of allylic oxidation sites excluding steroid dienone is 2. The molecule has 0 bridgehead atoms. The molecule has 1 aromatic carbocycles. The summed E-state index contributed by atoms with van der Waals surface area (Å²) in [7, 11) is 0. The molecular weight excluding hydrogens is 144 g/mol. The quantitative estimate of drug-likeness (QED) is 0.501. The van der Waals surface area contributed by atoms with Crippen molar-refractivity contribution < 1.29 is 0 Å². The van der Waals surface area contributed by atoms with Gasteiger partial charge in [-0.1, -0.05) is 24.1 Å². The van der Waals surface area contributed by atoms with Gasteiger partial charge in [-0.15, -0.1) is 17.7 Å². The van der Waals surface area contributed by atoms with Gasteiger partial charge in [-0.25, -0.2) is 0 Å². The molecule has 0 amide bonds. The molecule has 0 fully saturated rings. The lowest BCUT2D eigenvalue weighted by Gasteiger charge is -2.14. The molecule has 0 unspecified atom stereocenters. The van der Waals surface area contributed by atoms with E-state index in [0.717, 1.165) is 6.42 Å². The van der Waals surface area contributed by atoms with Crippen molar-refractivity contribution in [3.63, 3.8) is 0 Å². The highest BCUT2D eigenvalue weighted by atomic mass is 14.2. The minimum absolute atomic E-state index is 1.09. The Morgan fingerprint density at radius 2 is 2.25 bits per heavy atom. The first-order valence-corrected chi connectivity index (χ1v) is 4.21. The standard InChI is InChI=1S/C12H8/c1-3-9-7-8-10-4-2-6-12(10)11(9)5-1/h1-3,6-8H,5H2/q-1. The van der Waals surface area contributed by atoms with E-state index >= 15 is 0 Å². The SMILES string of the molecule is [C-]1=C[CH]c2c1ccc1c2CC=C1. The van der Waals surface area contributed by atoms with Gasteiger partial charge in [0.1, 0.15) is 0 Å². The van der Waals surface area contributed by atoms with Gasteiger partial charge >= 0.3 is 0 Å². The molecule has 0 aliphatic heterocycles. The van der Waals surface area contributed by atoms with Gasteiger partial charge in [-0.2, -0.15) is 17.7 Å². The zero-order valence-corrected chi connectivity index (χ0v) is 6.67. The van der Waals surface area contributed by atoms with Gasteiger partial charge in [0, 0.05) is 0 Å². The molecule has 0 saturated heterocycles. The van der Waals surface area contributed by atoms with Crippen LogP contribution in [0.3, 0.4) is 0 Å². The van der Waals surface area contributed by atoms with E-state index in [9.17, 15) is 0 Å². The van der Waals surface area contributed by atoms with E-state index in [1.165, 1.54) is 22.3 Å². The van der Waals surface area contributed by atoms with Crippen molar-refractivity contribution in [1.29, 1.82) is 0 Å². The Bertz CT molecular complexity index is 356. The topological polar surface area (TPSA) is 0 Å². The van der Waals surface area contributed by atoms with Crippen LogP contribution in [-0.2, 0) is 6.42 Å². The number of hydrogen-bond donors (Lipinski definition) is 0. The summed E-state index contributed by atoms with van der Waals surface area (Å²) in [6.45, 7) is 0. The molecule has 0 N–H and O–H groups in total. The predicted molar refractivity (Wildman–Crippen MR) is 49.5 cm³/mol. The maximum absolute atomic E-state index is 3.22. The Hall–Kier alpha value is -1.30. The summed E-state index contributed by atoms with van der Waals surface area (Å²) in [6, 6.07) is 4.32. The highest BCUT2D eigenvalue weighted by molar-refractivity contribution is 5.67. The third kappa shape index (κ3) is 0.672. The fourth-order valence-corrected chi connectivity index (χ4v) is 1.90. The van der Waals surface area contributed by atoms with Crippen LogP contribution in [0.15, 0.2) is 24.3 Å². The van der Waals surface area contributed by atoms with Gasteiger partial charge in [0.05, 0.1) is 0 Å². The molecule has 0 heteroatoms. The highest BCUT2D eigenvalue weighted by Crippen LogP contribution is 2.30. The second-order valence-electron chi connectivity index (χ2n) is 3.18. The third-order valence-electron chi connectivity index (χ3n) is 2.50. The summed E-state index contributed by atoms with van der Waals surface area (Å²) in [4.78, 5) is 0. The summed E-state index contributed by atoms with van der Waals surface area (Å²) in [5, 5.41) is 0. The lowest BCUT2D eigenvalue weighted by molar-refractivity contribution is 1.26. The first-order valence-electron chi connectivity index (χ1n) is 4.21.